The van der Waals surface area contributed by atoms with Crippen LogP contribution in [0.4, 0.5) is 5.69 Å². The molecule has 2 unspecified atom stereocenters. The maximum atomic E-state index is 8.96. The van der Waals surface area contributed by atoms with Gasteiger partial charge < -0.3 is 5.32 Å². The van der Waals surface area contributed by atoms with Crippen LogP contribution in [0.1, 0.15) is 18.9 Å². The predicted octanol–water partition coefficient (Wildman–Crippen LogP) is 2.86. The van der Waals surface area contributed by atoms with Crippen LogP contribution in [-0.2, 0) is 0 Å². The first kappa shape index (κ1) is 10.4. The summed E-state index contributed by atoms with van der Waals surface area (Å²) in [7, 11) is 0. The van der Waals surface area contributed by atoms with Crippen LogP contribution in [0, 0.1) is 11.3 Å². The molecule has 0 radical (unpaired) electrons. The number of benzene rings is 1. The van der Waals surface area contributed by atoms with Gasteiger partial charge in [0.05, 0.1) is 11.3 Å². The molecule has 0 aromatic heterocycles. The Morgan fingerprint density at radius 1 is 1.47 bits per heavy atom. The van der Waals surface area contributed by atoms with Gasteiger partial charge in [-0.1, -0.05) is 19.1 Å². The standard InChI is InChI=1S/C12H14N2S/c1-9-11(6-7-15-9)14-12-5-3-2-4-10(12)8-13/h2-5,9,11,14H,6-7H2,1H3. The Morgan fingerprint density at radius 2 is 2.27 bits per heavy atom. The number of hydrogen-bond donors (Lipinski definition) is 1. The third-order valence-corrected chi connectivity index (χ3v) is 4.09. The summed E-state index contributed by atoms with van der Waals surface area (Å²) >= 11 is 1.99. The van der Waals surface area contributed by atoms with Crippen LogP contribution in [0.3, 0.4) is 0 Å². The van der Waals surface area contributed by atoms with Gasteiger partial charge in [0.1, 0.15) is 6.07 Å². The Labute approximate surface area is 94.7 Å². The topological polar surface area (TPSA) is 35.8 Å². The number of rotatable bonds is 2. The van der Waals surface area contributed by atoms with Crippen molar-refractivity contribution in [3.8, 4) is 6.07 Å². The molecule has 1 aromatic carbocycles. The van der Waals surface area contributed by atoms with Crippen LogP contribution in [-0.4, -0.2) is 17.0 Å². The number of thioether (sulfide) groups is 1. The van der Waals surface area contributed by atoms with E-state index in [-0.39, 0.29) is 0 Å². The fourth-order valence-corrected chi connectivity index (χ4v) is 3.03. The molecule has 1 saturated heterocycles. The van der Waals surface area contributed by atoms with Crippen molar-refractivity contribution in [1.29, 1.82) is 5.26 Å². The van der Waals surface area contributed by atoms with Crippen LogP contribution < -0.4 is 5.32 Å². The fraction of sp³-hybridized carbons (Fsp3) is 0.417. The lowest BCUT2D eigenvalue weighted by Crippen LogP contribution is -2.25. The first-order chi connectivity index (χ1) is 7.31. The van der Waals surface area contributed by atoms with Crippen LogP contribution in [0.15, 0.2) is 24.3 Å². The third kappa shape index (κ3) is 2.27. The van der Waals surface area contributed by atoms with Crippen molar-refractivity contribution in [3.63, 3.8) is 0 Å². The van der Waals surface area contributed by atoms with Crippen molar-refractivity contribution in [2.75, 3.05) is 11.1 Å². The second kappa shape index (κ2) is 4.59. The summed E-state index contributed by atoms with van der Waals surface area (Å²) in [5.74, 6) is 1.22. The molecule has 0 aliphatic carbocycles. The van der Waals surface area contributed by atoms with Crippen LogP contribution in [0.25, 0.3) is 0 Å². The number of anilines is 1. The van der Waals surface area contributed by atoms with Crippen molar-refractivity contribution in [2.45, 2.75) is 24.6 Å². The molecule has 0 saturated carbocycles. The molecule has 1 aromatic rings. The zero-order valence-electron chi connectivity index (χ0n) is 8.73. The van der Waals surface area contributed by atoms with Crippen molar-refractivity contribution < 1.29 is 0 Å². The minimum absolute atomic E-state index is 0.504. The van der Waals surface area contributed by atoms with Crippen molar-refractivity contribution >= 4 is 17.4 Å². The van der Waals surface area contributed by atoms with Crippen LogP contribution in [0.2, 0.25) is 0 Å². The summed E-state index contributed by atoms with van der Waals surface area (Å²) < 4.78 is 0. The van der Waals surface area contributed by atoms with Gasteiger partial charge in [-0.05, 0) is 24.3 Å². The van der Waals surface area contributed by atoms with Gasteiger partial charge in [0.15, 0.2) is 0 Å². The molecule has 78 valence electrons. The molecule has 2 nitrogen and oxygen atoms in total. The smallest absolute Gasteiger partial charge is 0.101 e. The zero-order valence-corrected chi connectivity index (χ0v) is 9.55. The Hall–Kier alpha value is -1.14. The lowest BCUT2D eigenvalue weighted by atomic mass is 10.1. The SMILES string of the molecule is CC1SCCC1Nc1ccccc1C#N. The monoisotopic (exact) mass is 218 g/mol. The Bertz CT molecular complexity index is 383. The molecule has 1 aliphatic heterocycles. The second-order valence-corrected chi connectivity index (χ2v) is 5.26. The molecule has 2 rings (SSSR count). The van der Waals surface area contributed by atoms with Gasteiger partial charge in [0, 0.05) is 11.3 Å². The minimum atomic E-state index is 0.504. The van der Waals surface area contributed by atoms with E-state index < -0.39 is 0 Å². The van der Waals surface area contributed by atoms with Gasteiger partial charge in [0.2, 0.25) is 0 Å². The van der Waals surface area contributed by atoms with Crippen molar-refractivity contribution in [2.24, 2.45) is 0 Å². The number of nitrogens with one attached hydrogen (secondary N) is 1. The Balaban J connectivity index is 2.14. The molecule has 0 amide bonds. The molecule has 1 aliphatic rings. The predicted molar refractivity (Wildman–Crippen MR) is 65.1 cm³/mol. The maximum Gasteiger partial charge on any atom is 0.101 e. The zero-order chi connectivity index (χ0) is 10.7. The summed E-state index contributed by atoms with van der Waals surface area (Å²) in [6.45, 7) is 2.24. The van der Waals surface area contributed by atoms with Crippen molar-refractivity contribution in [3.05, 3.63) is 29.8 Å². The second-order valence-electron chi connectivity index (χ2n) is 3.77. The third-order valence-electron chi connectivity index (χ3n) is 2.76. The maximum absolute atomic E-state index is 8.96. The summed E-state index contributed by atoms with van der Waals surface area (Å²) in [4.78, 5) is 0. The highest BCUT2D eigenvalue weighted by Crippen LogP contribution is 2.29. The lowest BCUT2D eigenvalue weighted by Gasteiger charge is -2.18. The molecule has 1 N–H and O–H groups in total. The largest absolute Gasteiger partial charge is 0.380 e. The summed E-state index contributed by atoms with van der Waals surface area (Å²) in [5.41, 5.74) is 1.71. The number of nitriles is 1. The number of hydrogen-bond acceptors (Lipinski definition) is 3. The van der Waals surface area contributed by atoms with Gasteiger partial charge in [-0.15, -0.1) is 0 Å². The highest BCUT2D eigenvalue weighted by atomic mass is 32.2. The van der Waals surface area contributed by atoms with E-state index in [1.165, 1.54) is 12.2 Å². The molecule has 0 spiro atoms. The van der Waals surface area contributed by atoms with E-state index >= 15 is 0 Å². The number of nitrogens with zero attached hydrogens (tertiary/aromatic N) is 1. The summed E-state index contributed by atoms with van der Waals surface area (Å²) in [6.07, 6.45) is 1.19. The molecule has 1 heterocycles. The minimum Gasteiger partial charge on any atom is -0.380 e. The first-order valence-electron chi connectivity index (χ1n) is 5.18. The average Bonchev–Trinajstić information content (AvgIpc) is 2.65. The highest BCUT2D eigenvalue weighted by Gasteiger charge is 2.24. The lowest BCUT2D eigenvalue weighted by molar-refractivity contribution is 0.724. The van der Waals surface area contributed by atoms with E-state index in [0.717, 1.165) is 11.3 Å². The van der Waals surface area contributed by atoms with Gasteiger partial charge >= 0.3 is 0 Å². The Kier molecular flexibility index (Phi) is 3.17. The quantitative estimate of drug-likeness (QED) is 0.829. The Morgan fingerprint density at radius 3 is 2.93 bits per heavy atom. The van der Waals surface area contributed by atoms with E-state index in [9.17, 15) is 0 Å². The molecule has 0 bridgehead atoms. The molecule has 2 atom stereocenters. The van der Waals surface area contributed by atoms with E-state index in [1.807, 2.05) is 36.0 Å². The molecule has 3 heteroatoms. The average molecular weight is 218 g/mol. The van der Waals surface area contributed by atoms with Gasteiger partial charge in [0.25, 0.3) is 0 Å². The first-order valence-corrected chi connectivity index (χ1v) is 6.23. The van der Waals surface area contributed by atoms with E-state index in [1.54, 1.807) is 0 Å². The van der Waals surface area contributed by atoms with E-state index in [4.69, 9.17) is 5.26 Å². The fourth-order valence-electron chi connectivity index (χ4n) is 1.83. The molecular weight excluding hydrogens is 204 g/mol. The van der Waals surface area contributed by atoms with Crippen LogP contribution >= 0.6 is 11.8 Å². The highest BCUT2D eigenvalue weighted by molar-refractivity contribution is 8.00. The van der Waals surface area contributed by atoms with Gasteiger partial charge in [-0.25, -0.2) is 0 Å². The molecule has 15 heavy (non-hydrogen) atoms. The summed E-state index contributed by atoms with van der Waals surface area (Å²) in [5, 5.41) is 13.1. The van der Waals surface area contributed by atoms with E-state index in [2.05, 4.69) is 18.3 Å². The normalized spacial score (nSPS) is 24.8. The number of para-hydroxylation sites is 1. The summed E-state index contributed by atoms with van der Waals surface area (Å²) in [6, 6.07) is 10.4. The molecule has 1 fully saturated rings. The van der Waals surface area contributed by atoms with Gasteiger partial charge in [-0.3, -0.25) is 0 Å². The van der Waals surface area contributed by atoms with Crippen LogP contribution in [0.5, 0.6) is 0 Å². The van der Waals surface area contributed by atoms with Gasteiger partial charge in [-0.2, -0.15) is 17.0 Å². The molecular formula is C12H14N2S. The van der Waals surface area contributed by atoms with Crippen molar-refractivity contribution in [1.82, 2.24) is 0 Å². The van der Waals surface area contributed by atoms with E-state index in [0.29, 0.717) is 11.3 Å².